The molecule has 1 aliphatic heterocycles. The molecule has 0 bridgehead atoms. The molecule has 1 fully saturated rings. The number of morpholine rings is 1. The molecule has 1 aliphatic rings. The number of aromatic nitrogens is 1. The number of carbonyl (C=O) groups is 2. The minimum absolute atomic E-state index is 0.0760. The van der Waals surface area contributed by atoms with Gasteiger partial charge in [-0.25, -0.2) is 0 Å². The molecule has 172 valence electrons. The van der Waals surface area contributed by atoms with Gasteiger partial charge in [0.25, 0.3) is 5.91 Å². The van der Waals surface area contributed by atoms with Crippen molar-refractivity contribution in [2.45, 2.75) is 13.8 Å². The minimum atomic E-state index is -0.298. The van der Waals surface area contributed by atoms with Gasteiger partial charge in [0.2, 0.25) is 5.91 Å². The standard InChI is InChI=1S/C25H27ClN4O3/c1-17-3-4-18(2)30(17)21-9-10-23(26)22(15-21)25(32)28-20-7-5-19(6-8-20)27-24(31)16-29-11-13-33-14-12-29/h3-10,15H,11-14,16H2,1-2H3,(H,27,31)(H,28,32). The van der Waals surface area contributed by atoms with Crippen LogP contribution in [0.15, 0.2) is 54.6 Å². The average Bonchev–Trinajstić information content (AvgIpc) is 3.14. The van der Waals surface area contributed by atoms with Crippen LogP contribution in [0.2, 0.25) is 5.02 Å². The molecule has 0 atom stereocenters. The van der Waals surface area contributed by atoms with Crippen LogP contribution in [0.1, 0.15) is 21.7 Å². The van der Waals surface area contributed by atoms with E-state index in [1.807, 2.05) is 32.0 Å². The zero-order valence-electron chi connectivity index (χ0n) is 18.7. The molecule has 3 aromatic rings. The summed E-state index contributed by atoms with van der Waals surface area (Å²) in [4.78, 5) is 27.2. The first-order valence-electron chi connectivity index (χ1n) is 10.9. The lowest BCUT2D eigenvalue weighted by atomic mass is 10.1. The van der Waals surface area contributed by atoms with E-state index in [1.54, 1.807) is 36.4 Å². The predicted molar refractivity (Wildman–Crippen MR) is 131 cm³/mol. The molecule has 7 nitrogen and oxygen atoms in total. The summed E-state index contributed by atoms with van der Waals surface area (Å²) >= 11 is 6.33. The molecule has 0 spiro atoms. The fourth-order valence-electron chi connectivity index (χ4n) is 3.90. The van der Waals surface area contributed by atoms with Gasteiger partial charge < -0.3 is 19.9 Å². The van der Waals surface area contributed by atoms with Gasteiger partial charge in [0.05, 0.1) is 30.3 Å². The van der Waals surface area contributed by atoms with Gasteiger partial charge in [0, 0.05) is 41.5 Å². The first-order chi connectivity index (χ1) is 15.9. The fraction of sp³-hybridized carbons (Fsp3) is 0.280. The smallest absolute Gasteiger partial charge is 0.257 e. The lowest BCUT2D eigenvalue weighted by Gasteiger charge is -2.25. The fourth-order valence-corrected chi connectivity index (χ4v) is 4.10. The molecular weight excluding hydrogens is 440 g/mol. The molecule has 0 unspecified atom stereocenters. The summed E-state index contributed by atoms with van der Waals surface area (Å²) in [5.41, 5.74) is 4.71. The van der Waals surface area contributed by atoms with Gasteiger partial charge in [0.1, 0.15) is 0 Å². The van der Waals surface area contributed by atoms with Crippen molar-refractivity contribution in [3.63, 3.8) is 0 Å². The quantitative estimate of drug-likeness (QED) is 0.569. The average molecular weight is 467 g/mol. The van der Waals surface area contributed by atoms with Crippen LogP contribution in [-0.4, -0.2) is 54.1 Å². The molecule has 0 radical (unpaired) electrons. The topological polar surface area (TPSA) is 75.6 Å². The van der Waals surface area contributed by atoms with Crippen molar-refractivity contribution in [1.29, 1.82) is 0 Å². The summed E-state index contributed by atoms with van der Waals surface area (Å²) in [6, 6.07) is 16.5. The number of benzene rings is 2. The van der Waals surface area contributed by atoms with Crippen molar-refractivity contribution in [2.24, 2.45) is 0 Å². The molecule has 33 heavy (non-hydrogen) atoms. The van der Waals surface area contributed by atoms with Crippen LogP contribution in [0, 0.1) is 13.8 Å². The number of halogens is 1. The number of hydrogen-bond donors (Lipinski definition) is 2. The van der Waals surface area contributed by atoms with Crippen molar-refractivity contribution in [3.8, 4) is 5.69 Å². The van der Waals surface area contributed by atoms with E-state index in [4.69, 9.17) is 16.3 Å². The number of carbonyl (C=O) groups excluding carboxylic acids is 2. The highest BCUT2D eigenvalue weighted by Crippen LogP contribution is 2.24. The summed E-state index contributed by atoms with van der Waals surface area (Å²) in [6.07, 6.45) is 0. The van der Waals surface area contributed by atoms with E-state index in [-0.39, 0.29) is 11.8 Å². The number of aryl methyl sites for hydroxylation is 2. The van der Waals surface area contributed by atoms with E-state index in [9.17, 15) is 9.59 Å². The molecule has 2 aromatic carbocycles. The summed E-state index contributed by atoms with van der Waals surface area (Å²) < 4.78 is 7.37. The van der Waals surface area contributed by atoms with E-state index >= 15 is 0 Å². The van der Waals surface area contributed by atoms with Crippen LogP contribution < -0.4 is 10.6 Å². The van der Waals surface area contributed by atoms with Gasteiger partial charge in [-0.1, -0.05) is 11.6 Å². The summed E-state index contributed by atoms with van der Waals surface area (Å²) in [6.45, 7) is 7.18. The Morgan fingerprint density at radius 1 is 0.909 bits per heavy atom. The van der Waals surface area contributed by atoms with E-state index in [0.29, 0.717) is 41.7 Å². The highest BCUT2D eigenvalue weighted by Gasteiger charge is 2.15. The third-order valence-electron chi connectivity index (χ3n) is 5.62. The number of nitrogens with one attached hydrogen (secondary N) is 2. The molecule has 4 rings (SSSR count). The second-order valence-corrected chi connectivity index (χ2v) is 8.49. The Hall–Kier alpha value is -3.13. The Labute approximate surface area is 198 Å². The van der Waals surface area contributed by atoms with Crippen LogP contribution >= 0.6 is 11.6 Å². The monoisotopic (exact) mass is 466 g/mol. The predicted octanol–water partition coefficient (Wildman–Crippen LogP) is 4.27. The molecule has 2 heterocycles. The zero-order valence-corrected chi connectivity index (χ0v) is 19.5. The number of nitrogens with zero attached hydrogens (tertiary/aromatic N) is 2. The maximum absolute atomic E-state index is 12.9. The number of hydrogen-bond acceptors (Lipinski definition) is 4. The third-order valence-corrected chi connectivity index (χ3v) is 5.95. The van der Waals surface area contributed by atoms with E-state index < -0.39 is 0 Å². The van der Waals surface area contributed by atoms with Gasteiger partial charge in [-0.05, 0) is 68.4 Å². The number of amides is 2. The van der Waals surface area contributed by atoms with Gasteiger partial charge in [0.15, 0.2) is 0 Å². The van der Waals surface area contributed by atoms with Crippen molar-refractivity contribution in [2.75, 3.05) is 43.5 Å². The van der Waals surface area contributed by atoms with E-state index in [0.717, 1.165) is 30.2 Å². The molecule has 2 N–H and O–H groups in total. The summed E-state index contributed by atoms with van der Waals surface area (Å²) in [5.74, 6) is -0.374. The van der Waals surface area contributed by atoms with Crippen molar-refractivity contribution in [3.05, 3.63) is 76.6 Å². The van der Waals surface area contributed by atoms with E-state index in [2.05, 4.69) is 20.1 Å². The van der Waals surface area contributed by atoms with Crippen LogP contribution in [0.3, 0.4) is 0 Å². The van der Waals surface area contributed by atoms with Crippen LogP contribution in [0.4, 0.5) is 11.4 Å². The Morgan fingerprint density at radius 2 is 1.52 bits per heavy atom. The van der Waals surface area contributed by atoms with Crippen molar-refractivity contribution < 1.29 is 14.3 Å². The maximum atomic E-state index is 12.9. The molecule has 2 amide bonds. The normalized spacial score (nSPS) is 14.2. The second-order valence-electron chi connectivity index (χ2n) is 8.08. The molecule has 0 aliphatic carbocycles. The van der Waals surface area contributed by atoms with Gasteiger partial charge >= 0.3 is 0 Å². The van der Waals surface area contributed by atoms with Crippen LogP contribution in [0.5, 0.6) is 0 Å². The summed E-state index contributed by atoms with van der Waals surface area (Å²) in [7, 11) is 0. The number of rotatable bonds is 6. The lowest BCUT2D eigenvalue weighted by molar-refractivity contribution is -0.118. The molecule has 1 saturated heterocycles. The van der Waals surface area contributed by atoms with Gasteiger partial charge in [-0.3, -0.25) is 14.5 Å². The van der Waals surface area contributed by atoms with Crippen molar-refractivity contribution >= 4 is 34.8 Å². The molecule has 1 aromatic heterocycles. The molecular formula is C25H27ClN4O3. The first kappa shape index (κ1) is 23.0. The first-order valence-corrected chi connectivity index (χ1v) is 11.2. The third kappa shape index (κ3) is 5.63. The molecule has 0 saturated carbocycles. The minimum Gasteiger partial charge on any atom is -0.379 e. The molecule has 8 heteroatoms. The van der Waals surface area contributed by atoms with Gasteiger partial charge in [-0.15, -0.1) is 0 Å². The Kier molecular flexibility index (Phi) is 7.13. The maximum Gasteiger partial charge on any atom is 0.257 e. The Balaban J connectivity index is 1.40. The lowest BCUT2D eigenvalue weighted by Crippen LogP contribution is -2.41. The van der Waals surface area contributed by atoms with Gasteiger partial charge in [-0.2, -0.15) is 0 Å². The zero-order chi connectivity index (χ0) is 23.4. The van der Waals surface area contributed by atoms with E-state index in [1.165, 1.54) is 0 Å². The highest BCUT2D eigenvalue weighted by atomic mass is 35.5. The summed E-state index contributed by atoms with van der Waals surface area (Å²) in [5, 5.41) is 6.15. The Morgan fingerprint density at radius 3 is 2.15 bits per heavy atom. The largest absolute Gasteiger partial charge is 0.379 e. The van der Waals surface area contributed by atoms with Crippen molar-refractivity contribution in [1.82, 2.24) is 9.47 Å². The highest BCUT2D eigenvalue weighted by molar-refractivity contribution is 6.34. The number of anilines is 2. The van der Waals surface area contributed by atoms with Crippen LogP contribution in [0.25, 0.3) is 5.69 Å². The Bertz CT molecular complexity index is 1130. The van der Waals surface area contributed by atoms with Crippen LogP contribution in [-0.2, 0) is 9.53 Å². The SMILES string of the molecule is Cc1ccc(C)n1-c1ccc(Cl)c(C(=O)Nc2ccc(NC(=O)CN3CCOCC3)cc2)c1. The second kappa shape index (κ2) is 10.2. The number of ether oxygens (including phenoxy) is 1.